The van der Waals surface area contributed by atoms with Crippen molar-refractivity contribution >= 4 is 5.91 Å². The van der Waals surface area contributed by atoms with Crippen molar-refractivity contribution in [3.8, 4) is 0 Å². The monoisotopic (exact) mass is 239 g/mol. The van der Waals surface area contributed by atoms with Crippen LogP contribution in [0.4, 0.5) is 0 Å². The Kier molecular flexibility index (Phi) is 5.03. The zero-order chi connectivity index (χ0) is 13.1. The summed E-state index contributed by atoms with van der Waals surface area (Å²) in [5.41, 5.74) is 5.57. The lowest BCUT2D eigenvalue weighted by atomic mass is 9.57. The lowest BCUT2D eigenvalue weighted by molar-refractivity contribution is -0.137. The van der Waals surface area contributed by atoms with Crippen LogP contribution < -0.4 is 5.73 Å². The second-order valence-corrected chi connectivity index (χ2v) is 6.36. The van der Waals surface area contributed by atoms with Gasteiger partial charge in [0, 0.05) is 0 Å². The number of primary amides is 1. The molecule has 0 aliphatic heterocycles. The largest absolute Gasteiger partial charge is 0.369 e. The molecule has 2 heteroatoms. The Morgan fingerprint density at radius 1 is 1.41 bits per heavy atom. The van der Waals surface area contributed by atoms with E-state index in [0.29, 0.717) is 17.8 Å². The Labute approximate surface area is 106 Å². The van der Waals surface area contributed by atoms with Crippen molar-refractivity contribution in [3.05, 3.63) is 0 Å². The fourth-order valence-electron chi connectivity index (χ4n) is 3.77. The molecule has 0 saturated heterocycles. The number of hydrogen-bond acceptors (Lipinski definition) is 1. The first-order chi connectivity index (χ1) is 7.94. The number of rotatable bonds is 5. The lowest BCUT2D eigenvalue weighted by Gasteiger charge is -2.46. The Bertz CT molecular complexity index is 262. The SMILES string of the molecule is CCCCC1(C(N)=O)CC(C)CCC1C(C)C. The number of amides is 1. The van der Waals surface area contributed by atoms with E-state index in [0.717, 1.165) is 25.7 Å². The minimum absolute atomic E-state index is 0.0452. The molecule has 1 aliphatic rings. The van der Waals surface area contributed by atoms with Gasteiger partial charge in [0.25, 0.3) is 0 Å². The van der Waals surface area contributed by atoms with Crippen molar-refractivity contribution in [3.63, 3.8) is 0 Å². The summed E-state index contributed by atoms with van der Waals surface area (Å²) >= 11 is 0. The second-order valence-electron chi connectivity index (χ2n) is 6.36. The highest BCUT2D eigenvalue weighted by Crippen LogP contribution is 2.50. The lowest BCUT2D eigenvalue weighted by Crippen LogP contribution is -2.48. The fourth-order valence-corrected chi connectivity index (χ4v) is 3.77. The maximum absolute atomic E-state index is 12.1. The first kappa shape index (κ1) is 14.5. The molecule has 3 atom stereocenters. The van der Waals surface area contributed by atoms with E-state index in [9.17, 15) is 4.79 Å². The van der Waals surface area contributed by atoms with Crippen LogP contribution in [0.1, 0.15) is 66.2 Å². The van der Waals surface area contributed by atoms with Gasteiger partial charge in [-0.1, -0.05) is 47.0 Å². The summed E-state index contributed by atoms with van der Waals surface area (Å²) < 4.78 is 0. The van der Waals surface area contributed by atoms with Crippen molar-refractivity contribution in [1.29, 1.82) is 0 Å². The van der Waals surface area contributed by atoms with Crippen molar-refractivity contribution in [1.82, 2.24) is 0 Å². The third-order valence-electron chi connectivity index (χ3n) is 4.66. The molecular formula is C15H29NO. The third-order valence-corrected chi connectivity index (χ3v) is 4.66. The van der Waals surface area contributed by atoms with E-state index in [1.165, 1.54) is 12.8 Å². The number of hydrogen-bond donors (Lipinski definition) is 1. The molecule has 100 valence electrons. The average Bonchev–Trinajstić information content (AvgIpc) is 2.25. The van der Waals surface area contributed by atoms with Gasteiger partial charge < -0.3 is 5.73 Å². The molecule has 3 unspecified atom stereocenters. The van der Waals surface area contributed by atoms with Gasteiger partial charge in [-0.05, 0) is 37.0 Å². The van der Waals surface area contributed by atoms with E-state index in [1.54, 1.807) is 0 Å². The topological polar surface area (TPSA) is 43.1 Å². The van der Waals surface area contributed by atoms with Crippen LogP contribution in [-0.4, -0.2) is 5.91 Å². The number of carbonyl (C=O) groups is 1. The summed E-state index contributed by atoms with van der Waals surface area (Å²) in [5, 5.41) is 0. The molecule has 0 radical (unpaired) electrons. The van der Waals surface area contributed by atoms with Crippen molar-refractivity contribution in [2.75, 3.05) is 0 Å². The predicted molar refractivity (Wildman–Crippen MR) is 72.5 cm³/mol. The van der Waals surface area contributed by atoms with Crippen LogP contribution in [0.3, 0.4) is 0 Å². The number of nitrogens with two attached hydrogens (primary N) is 1. The third kappa shape index (κ3) is 3.02. The van der Waals surface area contributed by atoms with Crippen LogP contribution in [0.15, 0.2) is 0 Å². The quantitative estimate of drug-likeness (QED) is 0.780. The van der Waals surface area contributed by atoms with Crippen molar-refractivity contribution < 1.29 is 4.79 Å². The van der Waals surface area contributed by atoms with E-state index in [-0.39, 0.29) is 11.3 Å². The number of carbonyl (C=O) groups excluding carboxylic acids is 1. The summed E-state index contributed by atoms with van der Waals surface area (Å²) in [6.07, 6.45) is 6.69. The van der Waals surface area contributed by atoms with E-state index in [4.69, 9.17) is 5.73 Å². The van der Waals surface area contributed by atoms with Gasteiger partial charge in [-0.25, -0.2) is 0 Å². The van der Waals surface area contributed by atoms with Gasteiger partial charge >= 0.3 is 0 Å². The van der Waals surface area contributed by atoms with Crippen molar-refractivity contribution in [2.45, 2.75) is 66.2 Å². The van der Waals surface area contributed by atoms with E-state index >= 15 is 0 Å². The summed E-state index contributed by atoms with van der Waals surface area (Å²) in [4.78, 5) is 12.1. The van der Waals surface area contributed by atoms with E-state index < -0.39 is 0 Å². The van der Waals surface area contributed by atoms with Crippen LogP contribution in [-0.2, 0) is 4.79 Å². The Balaban J connectivity index is 2.96. The highest BCUT2D eigenvalue weighted by atomic mass is 16.1. The molecule has 0 aromatic rings. The van der Waals surface area contributed by atoms with Gasteiger partial charge in [-0.15, -0.1) is 0 Å². The Hall–Kier alpha value is -0.530. The fraction of sp³-hybridized carbons (Fsp3) is 0.933. The maximum Gasteiger partial charge on any atom is 0.223 e. The molecule has 0 spiro atoms. The molecule has 0 bridgehead atoms. The first-order valence-corrected chi connectivity index (χ1v) is 7.24. The predicted octanol–water partition coefficient (Wildman–Crippen LogP) is 3.74. The molecule has 1 aliphatic carbocycles. The molecule has 1 fully saturated rings. The average molecular weight is 239 g/mol. The normalized spacial score (nSPS) is 33.9. The first-order valence-electron chi connectivity index (χ1n) is 7.24. The van der Waals surface area contributed by atoms with Gasteiger partial charge in [-0.3, -0.25) is 4.79 Å². The summed E-state index contributed by atoms with van der Waals surface area (Å²) in [6.45, 7) is 8.93. The van der Waals surface area contributed by atoms with Crippen LogP contribution in [0.5, 0.6) is 0 Å². The Morgan fingerprint density at radius 3 is 2.53 bits per heavy atom. The highest BCUT2D eigenvalue weighted by Gasteiger charge is 2.47. The van der Waals surface area contributed by atoms with Crippen LogP contribution >= 0.6 is 0 Å². The van der Waals surface area contributed by atoms with Crippen LogP contribution in [0.2, 0.25) is 0 Å². The molecule has 0 aromatic carbocycles. The molecule has 0 heterocycles. The zero-order valence-corrected chi connectivity index (χ0v) is 12.0. The van der Waals surface area contributed by atoms with Gasteiger partial charge in [0.05, 0.1) is 5.41 Å². The van der Waals surface area contributed by atoms with Gasteiger partial charge in [-0.2, -0.15) is 0 Å². The van der Waals surface area contributed by atoms with Gasteiger partial charge in [0.1, 0.15) is 0 Å². The standard InChI is InChI=1S/C15H29NO/c1-5-6-9-15(14(16)17)10-12(4)7-8-13(15)11(2)3/h11-13H,5-10H2,1-4H3,(H2,16,17). The molecule has 1 saturated carbocycles. The maximum atomic E-state index is 12.1. The second kappa shape index (κ2) is 5.88. The molecule has 17 heavy (non-hydrogen) atoms. The van der Waals surface area contributed by atoms with E-state index in [2.05, 4.69) is 27.7 Å². The van der Waals surface area contributed by atoms with E-state index in [1.807, 2.05) is 0 Å². The smallest absolute Gasteiger partial charge is 0.223 e. The van der Waals surface area contributed by atoms with Gasteiger partial charge in [0.15, 0.2) is 0 Å². The molecule has 1 amide bonds. The summed E-state index contributed by atoms with van der Waals surface area (Å²) in [7, 11) is 0. The van der Waals surface area contributed by atoms with Gasteiger partial charge in [0.2, 0.25) is 5.91 Å². The van der Waals surface area contributed by atoms with Crippen LogP contribution in [0.25, 0.3) is 0 Å². The Morgan fingerprint density at radius 2 is 2.06 bits per heavy atom. The van der Waals surface area contributed by atoms with Crippen LogP contribution in [0, 0.1) is 23.2 Å². The number of unbranched alkanes of at least 4 members (excludes halogenated alkanes) is 1. The molecule has 0 aromatic heterocycles. The van der Waals surface area contributed by atoms with Crippen molar-refractivity contribution in [2.24, 2.45) is 28.9 Å². The highest BCUT2D eigenvalue weighted by molar-refractivity contribution is 5.81. The molecule has 2 N–H and O–H groups in total. The minimum Gasteiger partial charge on any atom is -0.369 e. The zero-order valence-electron chi connectivity index (χ0n) is 12.0. The summed E-state index contributed by atoms with van der Waals surface area (Å²) in [5.74, 6) is 1.65. The molecular weight excluding hydrogens is 210 g/mol. The molecule has 2 nitrogen and oxygen atoms in total. The molecule has 1 rings (SSSR count). The minimum atomic E-state index is -0.220. The summed E-state index contributed by atoms with van der Waals surface area (Å²) in [6, 6.07) is 0.